The molecule has 36 heavy (non-hydrogen) atoms. The molecule has 0 radical (unpaired) electrons. The zero-order chi connectivity index (χ0) is 24.8. The Balaban J connectivity index is 1.59. The highest BCUT2D eigenvalue weighted by Gasteiger charge is 2.81. The summed E-state index contributed by atoms with van der Waals surface area (Å²) in [5.74, 6) is -1.45. The van der Waals surface area contributed by atoms with Crippen molar-refractivity contribution in [1.29, 1.82) is 0 Å². The van der Waals surface area contributed by atoms with Crippen molar-refractivity contribution in [2.75, 3.05) is 17.2 Å². The minimum atomic E-state index is -1.45. The average Bonchev–Trinajstić information content (AvgIpc) is 3.58. The number of nitrogens with one attached hydrogen (secondary N) is 2. The molecule has 3 aromatic rings. The lowest BCUT2D eigenvalue weighted by atomic mass is 9.57. The quantitative estimate of drug-likeness (QED) is 0.505. The molecule has 4 aliphatic heterocycles. The number of carbonyl (C=O) groups is 3. The Morgan fingerprint density at radius 3 is 2.47 bits per heavy atom. The van der Waals surface area contributed by atoms with Crippen LogP contribution < -0.4 is 10.6 Å². The van der Waals surface area contributed by atoms with E-state index in [0.717, 1.165) is 18.4 Å². The van der Waals surface area contributed by atoms with Crippen molar-refractivity contribution < 1.29 is 14.4 Å². The van der Waals surface area contributed by atoms with Crippen LogP contribution in [-0.2, 0) is 20.5 Å². The number of carbonyl (C=O) groups excluding carboxylic acids is 3. The van der Waals surface area contributed by atoms with Crippen LogP contribution in [0.4, 0.5) is 11.4 Å². The summed E-state index contributed by atoms with van der Waals surface area (Å²) in [4.78, 5) is 45.3. The van der Waals surface area contributed by atoms with E-state index in [0.29, 0.717) is 39.6 Å². The third-order valence-electron chi connectivity index (χ3n) is 8.68. The van der Waals surface area contributed by atoms with Gasteiger partial charge in [0.1, 0.15) is 11.0 Å². The van der Waals surface area contributed by atoms with Gasteiger partial charge in [-0.3, -0.25) is 19.3 Å². The number of halogens is 1. The molecule has 0 aliphatic carbocycles. The van der Waals surface area contributed by atoms with Gasteiger partial charge in [0.2, 0.25) is 5.91 Å². The molecule has 0 aromatic heterocycles. The second-order valence-corrected chi connectivity index (χ2v) is 10.7. The van der Waals surface area contributed by atoms with Crippen LogP contribution in [0.5, 0.6) is 0 Å². The maximum absolute atomic E-state index is 14.5. The molecule has 2 saturated heterocycles. The first kappa shape index (κ1) is 21.8. The molecule has 2 spiro atoms. The number of aryl methyl sites for hydroxylation is 1. The van der Waals surface area contributed by atoms with E-state index in [2.05, 4.69) is 15.5 Å². The number of fused-ring (bicyclic) bond motifs is 7. The highest BCUT2D eigenvalue weighted by molar-refractivity contribution is 6.31. The van der Waals surface area contributed by atoms with E-state index in [1.54, 1.807) is 18.2 Å². The number of para-hydroxylation sites is 1. The minimum Gasteiger partial charge on any atom is -0.325 e. The lowest BCUT2D eigenvalue weighted by Gasteiger charge is -2.43. The normalized spacial score (nSPS) is 29.8. The summed E-state index contributed by atoms with van der Waals surface area (Å²) in [6.07, 6.45) is 1.57. The van der Waals surface area contributed by atoms with Crippen molar-refractivity contribution in [1.82, 2.24) is 4.90 Å². The van der Waals surface area contributed by atoms with E-state index >= 15 is 0 Å². The van der Waals surface area contributed by atoms with Crippen LogP contribution in [-0.4, -0.2) is 35.1 Å². The second kappa shape index (κ2) is 7.28. The van der Waals surface area contributed by atoms with E-state index in [1.165, 1.54) is 0 Å². The summed E-state index contributed by atoms with van der Waals surface area (Å²) in [7, 11) is 0. The number of hydrogen-bond acceptors (Lipinski definition) is 4. The van der Waals surface area contributed by atoms with Gasteiger partial charge in [0.25, 0.3) is 5.91 Å². The summed E-state index contributed by atoms with van der Waals surface area (Å²) >= 11 is 6.49. The molecular formula is C29H24ClN3O3. The summed E-state index contributed by atoms with van der Waals surface area (Å²) < 4.78 is 0. The third-order valence-corrected chi connectivity index (χ3v) is 8.91. The van der Waals surface area contributed by atoms with E-state index in [4.69, 9.17) is 11.6 Å². The Hall–Kier alpha value is -3.48. The Bertz CT molecular complexity index is 1490. The van der Waals surface area contributed by atoms with E-state index < -0.39 is 16.9 Å². The van der Waals surface area contributed by atoms with Crippen LogP contribution in [0.15, 0.2) is 66.7 Å². The van der Waals surface area contributed by atoms with Crippen LogP contribution in [0.3, 0.4) is 0 Å². The van der Waals surface area contributed by atoms with Gasteiger partial charge in [-0.2, -0.15) is 0 Å². The topological polar surface area (TPSA) is 78.5 Å². The third kappa shape index (κ3) is 2.39. The molecule has 180 valence electrons. The fourth-order valence-corrected chi connectivity index (χ4v) is 7.62. The summed E-state index contributed by atoms with van der Waals surface area (Å²) in [5.41, 5.74) is 1.40. The first-order valence-corrected chi connectivity index (χ1v) is 12.7. The molecular weight excluding hydrogens is 474 g/mol. The van der Waals surface area contributed by atoms with Crippen molar-refractivity contribution in [3.8, 4) is 0 Å². The number of rotatable bonds is 2. The largest absolute Gasteiger partial charge is 0.325 e. The molecule has 4 heterocycles. The summed E-state index contributed by atoms with van der Waals surface area (Å²) in [5, 5.41) is 6.58. The SMILES string of the molecule is Cc1ccc(C(=O)[C@H]2[C@@H]3CCCN3[C@]3(C(=O)Nc4ccc(Cl)cc43)[C@]23C(=O)Nc2ccccc23)cc1. The minimum absolute atomic E-state index is 0.112. The number of Topliss-reactive ketones (excluding diaryl/α,β-unsaturated/α-hetero) is 1. The molecule has 3 aromatic carbocycles. The van der Waals surface area contributed by atoms with Gasteiger partial charge in [-0.05, 0) is 56.1 Å². The van der Waals surface area contributed by atoms with Crippen molar-refractivity contribution in [3.63, 3.8) is 0 Å². The molecule has 7 rings (SSSR count). The van der Waals surface area contributed by atoms with Crippen LogP contribution in [0.1, 0.15) is 39.9 Å². The number of nitrogens with zero attached hydrogens (tertiary/aromatic N) is 1. The average molecular weight is 498 g/mol. The first-order valence-electron chi connectivity index (χ1n) is 12.3. The fourth-order valence-electron chi connectivity index (χ4n) is 7.45. The molecule has 0 unspecified atom stereocenters. The van der Waals surface area contributed by atoms with Gasteiger partial charge in [-0.1, -0.05) is 59.6 Å². The van der Waals surface area contributed by atoms with Gasteiger partial charge in [0, 0.05) is 33.6 Å². The lowest BCUT2D eigenvalue weighted by Crippen LogP contribution is -2.62. The van der Waals surface area contributed by atoms with E-state index in [-0.39, 0.29) is 23.6 Å². The predicted molar refractivity (Wildman–Crippen MR) is 137 cm³/mol. The predicted octanol–water partition coefficient (Wildman–Crippen LogP) is 4.66. The van der Waals surface area contributed by atoms with Gasteiger partial charge in [0.05, 0.1) is 5.92 Å². The van der Waals surface area contributed by atoms with Gasteiger partial charge < -0.3 is 10.6 Å². The standard InChI is InChI=1S/C29H24ClN3O3/c1-16-8-10-17(11-9-16)25(34)24-23-7-4-14-33(23)29(20-15-18(30)12-13-22(20)32-27(29)36)28(24)19-5-2-3-6-21(19)31-26(28)35/h2-3,5-6,8-13,15,23-24H,4,7,14H2,1H3,(H,31,35)(H,32,36)/t23-,24+,28-,29+/m0/s1. The van der Waals surface area contributed by atoms with Crippen LogP contribution in [0, 0.1) is 12.8 Å². The molecule has 4 aliphatic rings. The van der Waals surface area contributed by atoms with Crippen molar-refractivity contribution in [3.05, 3.63) is 94.0 Å². The number of amides is 2. The number of hydrogen-bond donors (Lipinski definition) is 2. The van der Waals surface area contributed by atoms with Gasteiger partial charge in [0.15, 0.2) is 5.78 Å². The van der Waals surface area contributed by atoms with Gasteiger partial charge in [-0.25, -0.2) is 0 Å². The Morgan fingerprint density at radius 2 is 1.67 bits per heavy atom. The van der Waals surface area contributed by atoms with Crippen LogP contribution in [0.2, 0.25) is 5.02 Å². The van der Waals surface area contributed by atoms with Crippen molar-refractivity contribution in [2.45, 2.75) is 36.8 Å². The summed E-state index contributed by atoms with van der Waals surface area (Å²) in [6, 6.07) is 20.0. The second-order valence-electron chi connectivity index (χ2n) is 10.3. The molecule has 0 bridgehead atoms. The monoisotopic (exact) mass is 497 g/mol. The Morgan fingerprint density at radius 1 is 0.944 bits per heavy atom. The zero-order valence-electron chi connectivity index (χ0n) is 19.7. The first-order chi connectivity index (χ1) is 17.4. The van der Waals surface area contributed by atoms with Gasteiger partial charge >= 0.3 is 0 Å². The molecule has 2 N–H and O–H groups in total. The van der Waals surface area contributed by atoms with Crippen LogP contribution >= 0.6 is 11.6 Å². The molecule has 7 heteroatoms. The number of ketones is 1. The fraction of sp³-hybridized carbons (Fsp3) is 0.276. The Labute approximate surface area is 213 Å². The Kier molecular flexibility index (Phi) is 4.40. The molecule has 0 saturated carbocycles. The number of benzene rings is 3. The highest BCUT2D eigenvalue weighted by atomic mass is 35.5. The van der Waals surface area contributed by atoms with Crippen molar-refractivity contribution in [2.24, 2.45) is 5.92 Å². The summed E-state index contributed by atoms with van der Waals surface area (Å²) in [6.45, 7) is 2.59. The van der Waals surface area contributed by atoms with Crippen molar-refractivity contribution >= 4 is 40.6 Å². The highest BCUT2D eigenvalue weighted by Crippen LogP contribution is 2.67. The molecule has 2 amide bonds. The maximum atomic E-state index is 14.5. The van der Waals surface area contributed by atoms with Gasteiger partial charge in [-0.15, -0.1) is 0 Å². The van der Waals surface area contributed by atoms with Crippen LogP contribution in [0.25, 0.3) is 0 Å². The smallest absolute Gasteiger partial charge is 0.251 e. The molecule has 4 atom stereocenters. The lowest BCUT2D eigenvalue weighted by molar-refractivity contribution is -0.137. The maximum Gasteiger partial charge on any atom is 0.251 e. The zero-order valence-corrected chi connectivity index (χ0v) is 20.4. The molecule has 2 fully saturated rings. The molecule has 6 nitrogen and oxygen atoms in total. The van der Waals surface area contributed by atoms with E-state index in [9.17, 15) is 14.4 Å². The number of anilines is 2. The van der Waals surface area contributed by atoms with E-state index in [1.807, 2.05) is 55.5 Å².